The van der Waals surface area contributed by atoms with Crippen molar-refractivity contribution in [2.24, 2.45) is 9.98 Å². The largest absolute Gasteiger partial charge is 0.497 e. The van der Waals surface area contributed by atoms with Gasteiger partial charge in [0, 0.05) is 18.1 Å². The van der Waals surface area contributed by atoms with Crippen molar-refractivity contribution in [2.75, 3.05) is 7.11 Å². The highest BCUT2D eigenvalue weighted by Crippen LogP contribution is 2.30. The molecule has 1 atom stereocenters. The maximum atomic E-state index is 13.9. The molecule has 0 aromatic heterocycles. The van der Waals surface area contributed by atoms with Crippen LogP contribution in [0.15, 0.2) is 52.4 Å². The average molecular weight is 398 g/mol. The first-order chi connectivity index (χ1) is 13.9. The number of aliphatic carboxylic acids is 1. The van der Waals surface area contributed by atoms with Gasteiger partial charge in [0.1, 0.15) is 23.4 Å². The van der Waals surface area contributed by atoms with E-state index in [1.54, 1.807) is 30.3 Å². The molecular formula is C20H19FN4O4. The molecule has 0 fully saturated rings. The Bertz CT molecular complexity index is 1020. The van der Waals surface area contributed by atoms with Crippen molar-refractivity contribution in [3.63, 3.8) is 0 Å². The number of halogens is 1. The van der Waals surface area contributed by atoms with Gasteiger partial charge < -0.3 is 9.84 Å². The van der Waals surface area contributed by atoms with E-state index in [1.807, 2.05) is 0 Å². The number of nitrogens with one attached hydrogen (secondary N) is 2. The summed E-state index contributed by atoms with van der Waals surface area (Å²) in [6, 6.07) is 9.98. The number of amidine groups is 1. The van der Waals surface area contributed by atoms with E-state index in [9.17, 15) is 19.1 Å². The average Bonchev–Trinajstić information content (AvgIpc) is 2.82. The molecule has 0 saturated carbocycles. The number of fused-ring (bicyclic) bond motifs is 1. The summed E-state index contributed by atoms with van der Waals surface area (Å²) in [7, 11) is 1.51. The first kappa shape index (κ1) is 20.0. The molecule has 8 nitrogen and oxygen atoms in total. The fourth-order valence-electron chi connectivity index (χ4n) is 2.86. The Labute approximate surface area is 166 Å². The smallest absolute Gasteiger partial charge is 0.306 e. The quantitative estimate of drug-likeness (QED) is 0.684. The molecule has 0 unspecified atom stereocenters. The summed E-state index contributed by atoms with van der Waals surface area (Å²) in [4.78, 5) is 31.8. The third-order valence-electron chi connectivity index (χ3n) is 4.13. The van der Waals surface area contributed by atoms with Crippen LogP contribution in [0.2, 0.25) is 0 Å². The first-order valence-electron chi connectivity index (χ1n) is 8.72. The molecule has 0 aliphatic carbocycles. The van der Waals surface area contributed by atoms with E-state index in [1.165, 1.54) is 26.2 Å². The Morgan fingerprint density at radius 3 is 2.69 bits per heavy atom. The summed E-state index contributed by atoms with van der Waals surface area (Å²) >= 11 is 0. The number of carboxylic acid groups (broad SMARTS) is 1. The van der Waals surface area contributed by atoms with Gasteiger partial charge in [-0.2, -0.15) is 0 Å². The van der Waals surface area contributed by atoms with E-state index in [2.05, 4.69) is 20.8 Å². The molecule has 1 aliphatic rings. The number of hydrogen-bond acceptors (Lipinski definition) is 6. The third kappa shape index (κ3) is 4.75. The van der Waals surface area contributed by atoms with E-state index >= 15 is 0 Å². The fourth-order valence-corrected chi connectivity index (χ4v) is 2.86. The van der Waals surface area contributed by atoms with Crippen LogP contribution in [0.5, 0.6) is 5.75 Å². The number of benzene rings is 2. The van der Waals surface area contributed by atoms with Crippen LogP contribution in [0, 0.1) is 5.82 Å². The van der Waals surface area contributed by atoms with Crippen molar-refractivity contribution >= 4 is 29.1 Å². The molecule has 3 N–H and O–H groups in total. The molecule has 0 saturated heterocycles. The van der Waals surface area contributed by atoms with Gasteiger partial charge in [-0.25, -0.2) is 9.38 Å². The Hall–Kier alpha value is -3.75. The lowest BCUT2D eigenvalue weighted by molar-refractivity contribution is -0.137. The first-order valence-corrected chi connectivity index (χ1v) is 8.72. The van der Waals surface area contributed by atoms with E-state index in [0.717, 1.165) is 0 Å². The topological polar surface area (TPSA) is 112 Å². The van der Waals surface area contributed by atoms with Crippen molar-refractivity contribution in [3.8, 4) is 5.75 Å². The lowest BCUT2D eigenvalue weighted by Gasteiger charge is -2.15. The fraction of sp³-hybridized carbons (Fsp3) is 0.200. The van der Waals surface area contributed by atoms with Crippen LogP contribution >= 0.6 is 0 Å². The molecule has 1 amide bonds. The van der Waals surface area contributed by atoms with Crippen LogP contribution in [0.1, 0.15) is 24.5 Å². The maximum absolute atomic E-state index is 13.9. The van der Waals surface area contributed by atoms with Crippen molar-refractivity contribution < 1.29 is 23.8 Å². The molecule has 2 aromatic rings. The highest BCUT2D eigenvalue weighted by molar-refractivity contribution is 6.18. The second-order valence-corrected chi connectivity index (χ2v) is 6.29. The Balaban J connectivity index is 2.20. The Morgan fingerprint density at radius 1 is 1.24 bits per heavy atom. The second-order valence-electron chi connectivity index (χ2n) is 6.29. The van der Waals surface area contributed by atoms with E-state index < -0.39 is 17.8 Å². The summed E-state index contributed by atoms with van der Waals surface area (Å²) in [6.07, 6.45) is -0.380. The zero-order valence-corrected chi connectivity index (χ0v) is 15.8. The monoisotopic (exact) mass is 398 g/mol. The van der Waals surface area contributed by atoms with Gasteiger partial charge in [0.25, 0.3) is 0 Å². The predicted octanol–water partition coefficient (Wildman–Crippen LogP) is 2.20. The number of rotatable bonds is 4. The normalized spacial score (nSPS) is 15.3. The number of carbonyl (C=O) groups is 2. The predicted molar refractivity (Wildman–Crippen MR) is 105 cm³/mol. The number of amides is 1. The standard InChI is InChI=1S/C20H19FN4O4/c1-11(26)24-25-20-17(10-18(27)28)22-19(12-4-3-5-13(21)8-12)15-9-14(29-2)6-7-16(15)23-20/h3-9,17H,10H2,1-2H3,(H,23,25)(H,24,26)(H,27,28)/t17-/m0/s1. The molecule has 3 rings (SSSR count). The van der Waals surface area contributed by atoms with Crippen LogP contribution in [0.3, 0.4) is 0 Å². The number of ether oxygens (including phenoxy) is 1. The zero-order chi connectivity index (χ0) is 21.0. The summed E-state index contributed by atoms with van der Waals surface area (Å²) in [5, 5.41) is 9.33. The molecular weight excluding hydrogens is 379 g/mol. The molecule has 0 radical (unpaired) electrons. The minimum atomic E-state index is -1.10. The van der Waals surface area contributed by atoms with Crippen molar-refractivity contribution in [3.05, 3.63) is 59.4 Å². The summed E-state index contributed by atoms with van der Waals surface area (Å²) in [5.74, 6) is -1.24. The van der Waals surface area contributed by atoms with Crippen LogP contribution in [-0.2, 0) is 9.59 Å². The minimum absolute atomic E-state index is 0.153. The van der Waals surface area contributed by atoms with Gasteiger partial charge in [-0.15, -0.1) is 0 Å². The van der Waals surface area contributed by atoms with Gasteiger partial charge in [-0.1, -0.05) is 12.1 Å². The maximum Gasteiger partial charge on any atom is 0.306 e. The van der Waals surface area contributed by atoms with Gasteiger partial charge >= 0.3 is 5.97 Å². The molecule has 0 bridgehead atoms. The van der Waals surface area contributed by atoms with Crippen LogP contribution < -0.4 is 15.6 Å². The Kier molecular flexibility index (Phi) is 5.87. The number of carboxylic acids is 1. The number of carbonyl (C=O) groups excluding carboxylic acids is 1. The molecule has 0 spiro atoms. The van der Waals surface area contributed by atoms with Crippen molar-refractivity contribution in [2.45, 2.75) is 19.4 Å². The Morgan fingerprint density at radius 2 is 2.03 bits per heavy atom. The number of methoxy groups -OCH3 is 1. The van der Waals surface area contributed by atoms with E-state index in [-0.39, 0.29) is 18.2 Å². The highest BCUT2D eigenvalue weighted by Gasteiger charge is 2.26. The van der Waals surface area contributed by atoms with Crippen molar-refractivity contribution in [1.29, 1.82) is 0 Å². The van der Waals surface area contributed by atoms with Gasteiger partial charge in [0.15, 0.2) is 0 Å². The van der Waals surface area contributed by atoms with Crippen LogP contribution in [0.4, 0.5) is 10.1 Å². The van der Waals surface area contributed by atoms with Gasteiger partial charge in [-0.05, 0) is 30.3 Å². The molecule has 2 aromatic carbocycles. The summed E-state index contributed by atoms with van der Waals surface area (Å²) < 4.78 is 19.2. The summed E-state index contributed by atoms with van der Waals surface area (Å²) in [5.41, 5.74) is 6.89. The van der Waals surface area contributed by atoms with Crippen LogP contribution in [-0.4, -0.2) is 41.7 Å². The molecule has 150 valence electrons. The highest BCUT2D eigenvalue weighted by atomic mass is 19.1. The molecule has 1 aliphatic heterocycles. The number of aliphatic imine (C=N–C) groups is 2. The van der Waals surface area contributed by atoms with Gasteiger partial charge in [0.2, 0.25) is 5.91 Å². The lowest BCUT2D eigenvalue weighted by Crippen LogP contribution is -2.45. The number of nitrogens with zero attached hydrogens (tertiary/aromatic N) is 2. The number of hydrogen-bond donors (Lipinski definition) is 3. The van der Waals surface area contributed by atoms with Crippen LogP contribution in [0.25, 0.3) is 0 Å². The SMILES string of the molecule is COc1ccc2c(c1)C(c1cccc(F)c1)=N[C@@H](CC(=O)O)C(NNC(C)=O)=N2. The van der Waals surface area contributed by atoms with Gasteiger partial charge in [-0.3, -0.25) is 25.4 Å². The lowest BCUT2D eigenvalue weighted by atomic mass is 10.00. The van der Waals surface area contributed by atoms with Gasteiger partial charge in [0.05, 0.1) is 24.9 Å². The third-order valence-corrected chi connectivity index (χ3v) is 4.13. The molecule has 9 heteroatoms. The summed E-state index contributed by atoms with van der Waals surface area (Å²) in [6.45, 7) is 1.30. The molecule has 1 heterocycles. The molecule has 29 heavy (non-hydrogen) atoms. The second kappa shape index (κ2) is 8.51. The van der Waals surface area contributed by atoms with E-state index in [0.29, 0.717) is 28.3 Å². The van der Waals surface area contributed by atoms with Crippen molar-refractivity contribution in [1.82, 2.24) is 10.9 Å². The minimum Gasteiger partial charge on any atom is -0.497 e. The zero-order valence-electron chi connectivity index (χ0n) is 15.8. The number of hydrazine groups is 1. The van der Waals surface area contributed by atoms with E-state index in [4.69, 9.17) is 4.74 Å².